The lowest BCUT2D eigenvalue weighted by Crippen LogP contribution is -2.31. The molecule has 0 aliphatic carbocycles. The third-order valence-corrected chi connectivity index (χ3v) is 2.91. The molecule has 96 valence electrons. The summed E-state index contributed by atoms with van der Waals surface area (Å²) in [7, 11) is 0. The Bertz CT molecular complexity index is 481. The first-order valence-corrected chi connectivity index (χ1v) is 6.01. The molecule has 1 aromatic rings. The minimum absolute atomic E-state index is 0.00405. The number of nitrogens with zero attached hydrogens (tertiary/aromatic N) is 1. The van der Waals surface area contributed by atoms with Gasteiger partial charge in [0.05, 0.1) is 5.69 Å². The zero-order valence-corrected chi connectivity index (χ0v) is 10.5. The molecule has 1 aliphatic rings. The topological polar surface area (TPSA) is 58.6 Å². The Hall–Kier alpha value is -2.04. The van der Waals surface area contributed by atoms with Crippen molar-refractivity contribution in [1.82, 2.24) is 4.90 Å². The van der Waals surface area contributed by atoms with Gasteiger partial charge in [0.1, 0.15) is 5.75 Å². The summed E-state index contributed by atoms with van der Waals surface area (Å²) in [6.07, 6.45) is 0. The predicted octanol–water partition coefficient (Wildman–Crippen LogP) is 1.50. The second-order valence-corrected chi connectivity index (χ2v) is 4.03. The molecule has 0 saturated carbocycles. The van der Waals surface area contributed by atoms with Crippen molar-refractivity contribution >= 4 is 17.5 Å². The first-order chi connectivity index (χ1) is 8.65. The maximum atomic E-state index is 12.1. The van der Waals surface area contributed by atoms with E-state index in [1.807, 2.05) is 13.8 Å². The third kappa shape index (κ3) is 2.30. The monoisotopic (exact) mass is 248 g/mol. The van der Waals surface area contributed by atoms with E-state index in [0.29, 0.717) is 30.1 Å². The summed E-state index contributed by atoms with van der Waals surface area (Å²) in [5, 5.41) is 2.69. The number of amides is 2. The quantitative estimate of drug-likeness (QED) is 0.881. The second kappa shape index (κ2) is 5.08. The fourth-order valence-corrected chi connectivity index (χ4v) is 1.90. The van der Waals surface area contributed by atoms with Crippen LogP contribution in [0.4, 0.5) is 5.69 Å². The fourth-order valence-electron chi connectivity index (χ4n) is 1.90. The van der Waals surface area contributed by atoms with Crippen molar-refractivity contribution in [2.45, 2.75) is 13.8 Å². The van der Waals surface area contributed by atoms with Crippen molar-refractivity contribution in [3.8, 4) is 5.75 Å². The van der Waals surface area contributed by atoms with Crippen LogP contribution in [0.5, 0.6) is 5.75 Å². The summed E-state index contributed by atoms with van der Waals surface area (Å²) in [5.74, 6) is 0.348. The number of carbonyl (C=O) groups excluding carboxylic acids is 2. The van der Waals surface area contributed by atoms with Gasteiger partial charge in [0.2, 0.25) is 0 Å². The minimum atomic E-state index is -0.176. The smallest absolute Gasteiger partial charge is 0.262 e. The molecule has 0 unspecified atom stereocenters. The van der Waals surface area contributed by atoms with Crippen LogP contribution in [-0.2, 0) is 4.79 Å². The number of hydrogen-bond donors (Lipinski definition) is 1. The number of ether oxygens (including phenoxy) is 1. The van der Waals surface area contributed by atoms with Crippen molar-refractivity contribution in [2.24, 2.45) is 0 Å². The zero-order valence-electron chi connectivity index (χ0n) is 10.5. The molecule has 1 aromatic carbocycles. The van der Waals surface area contributed by atoms with E-state index < -0.39 is 0 Å². The van der Waals surface area contributed by atoms with Gasteiger partial charge in [-0.25, -0.2) is 0 Å². The number of hydrogen-bond acceptors (Lipinski definition) is 3. The molecule has 0 atom stereocenters. The van der Waals surface area contributed by atoms with Gasteiger partial charge in [0.15, 0.2) is 6.61 Å². The number of benzene rings is 1. The summed E-state index contributed by atoms with van der Waals surface area (Å²) in [6.45, 7) is 5.22. The molecule has 0 spiro atoms. The molecule has 5 nitrogen and oxygen atoms in total. The van der Waals surface area contributed by atoms with E-state index in [0.717, 1.165) is 0 Å². The molecule has 0 bridgehead atoms. The molecule has 18 heavy (non-hydrogen) atoms. The Morgan fingerprint density at radius 3 is 2.78 bits per heavy atom. The van der Waals surface area contributed by atoms with Crippen molar-refractivity contribution < 1.29 is 14.3 Å². The highest BCUT2D eigenvalue weighted by atomic mass is 16.5. The van der Waals surface area contributed by atoms with Gasteiger partial charge in [-0.15, -0.1) is 0 Å². The highest BCUT2D eigenvalue weighted by Gasteiger charge is 2.19. The summed E-state index contributed by atoms with van der Waals surface area (Å²) in [4.78, 5) is 25.0. The molecule has 2 rings (SSSR count). The molecular weight excluding hydrogens is 232 g/mol. The van der Waals surface area contributed by atoms with Gasteiger partial charge in [0.25, 0.3) is 11.8 Å². The van der Waals surface area contributed by atoms with E-state index >= 15 is 0 Å². The molecule has 1 heterocycles. The Morgan fingerprint density at radius 2 is 2.11 bits per heavy atom. The summed E-state index contributed by atoms with van der Waals surface area (Å²) >= 11 is 0. The van der Waals surface area contributed by atoms with Gasteiger partial charge in [-0.1, -0.05) is 0 Å². The minimum Gasteiger partial charge on any atom is -0.482 e. The Labute approximate surface area is 106 Å². The Kier molecular flexibility index (Phi) is 3.50. The van der Waals surface area contributed by atoms with Gasteiger partial charge < -0.3 is 15.0 Å². The standard InChI is InChI=1S/C13H16N2O3/c1-3-15(4-2)13(17)9-5-6-10-11(7-9)18-8-12(16)14-10/h5-7H,3-4,8H2,1-2H3,(H,14,16). The zero-order chi connectivity index (χ0) is 13.1. The molecule has 0 aromatic heterocycles. The van der Waals surface area contributed by atoms with E-state index in [1.54, 1.807) is 23.1 Å². The summed E-state index contributed by atoms with van der Waals surface area (Å²) in [6, 6.07) is 5.08. The number of carbonyl (C=O) groups is 2. The predicted molar refractivity (Wildman–Crippen MR) is 67.8 cm³/mol. The van der Waals surface area contributed by atoms with Crippen molar-refractivity contribution in [1.29, 1.82) is 0 Å². The first-order valence-electron chi connectivity index (χ1n) is 6.01. The van der Waals surface area contributed by atoms with E-state index in [4.69, 9.17) is 4.74 Å². The normalized spacial score (nSPS) is 13.3. The molecular formula is C13H16N2O3. The van der Waals surface area contributed by atoms with Crippen LogP contribution in [0.15, 0.2) is 18.2 Å². The van der Waals surface area contributed by atoms with Crippen LogP contribution in [0, 0.1) is 0 Å². The van der Waals surface area contributed by atoms with Crippen LogP contribution in [0.25, 0.3) is 0 Å². The lowest BCUT2D eigenvalue weighted by atomic mass is 10.1. The van der Waals surface area contributed by atoms with Crippen molar-refractivity contribution in [3.63, 3.8) is 0 Å². The number of nitrogens with one attached hydrogen (secondary N) is 1. The van der Waals surface area contributed by atoms with Crippen molar-refractivity contribution in [3.05, 3.63) is 23.8 Å². The van der Waals surface area contributed by atoms with Crippen LogP contribution >= 0.6 is 0 Å². The lowest BCUT2D eigenvalue weighted by molar-refractivity contribution is -0.118. The maximum Gasteiger partial charge on any atom is 0.262 e. The highest BCUT2D eigenvalue weighted by molar-refractivity contribution is 5.98. The highest BCUT2D eigenvalue weighted by Crippen LogP contribution is 2.28. The van der Waals surface area contributed by atoms with Crippen LogP contribution < -0.4 is 10.1 Å². The van der Waals surface area contributed by atoms with Gasteiger partial charge in [-0.3, -0.25) is 9.59 Å². The summed E-state index contributed by atoms with van der Waals surface area (Å²) in [5.41, 5.74) is 1.19. The first kappa shape index (κ1) is 12.4. The molecule has 0 saturated heterocycles. The average Bonchev–Trinajstić information content (AvgIpc) is 2.39. The van der Waals surface area contributed by atoms with Gasteiger partial charge in [0, 0.05) is 18.7 Å². The van der Waals surface area contributed by atoms with E-state index in [1.165, 1.54) is 0 Å². The molecule has 5 heteroatoms. The van der Waals surface area contributed by atoms with Crippen LogP contribution in [0.2, 0.25) is 0 Å². The summed E-state index contributed by atoms with van der Waals surface area (Å²) < 4.78 is 5.29. The largest absolute Gasteiger partial charge is 0.482 e. The molecule has 0 fully saturated rings. The van der Waals surface area contributed by atoms with Crippen LogP contribution in [0.3, 0.4) is 0 Å². The van der Waals surface area contributed by atoms with E-state index in [2.05, 4.69) is 5.32 Å². The molecule has 0 radical (unpaired) electrons. The van der Waals surface area contributed by atoms with Gasteiger partial charge in [-0.2, -0.15) is 0 Å². The number of anilines is 1. The van der Waals surface area contributed by atoms with Gasteiger partial charge >= 0.3 is 0 Å². The average molecular weight is 248 g/mol. The Balaban J connectivity index is 2.26. The molecule has 2 amide bonds. The number of fused-ring (bicyclic) bond motifs is 1. The van der Waals surface area contributed by atoms with Gasteiger partial charge in [-0.05, 0) is 32.0 Å². The molecule has 1 aliphatic heterocycles. The lowest BCUT2D eigenvalue weighted by Gasteiger charge is -2.21. The SMILES string of the molecule is CCN(CC)C(=O)c1ccc2c(c1)OCC(=O)N2. The molecule has 1 N–H and O–H groups in total. The van der Waals surface area contributed by atoms with E-state index in [9.17, 15) is 9.59 Å². The third-order valence-electron chi connectivity index (χ3n) is 2.91. The Morgan fingerprint density at radius 1 is 1.39 bits per heavy atom. The van der Waals surface area contributed by atoms with E-state index in [-0.39, 0.29) is 18.4 Å². The van der Waals surface area contributed by atoms with Crippen molar-refractivity contribution in [2.75, 3.05) is 25.0 Å². The van der Waals surface area contributed by atoms with Crippen LogP contribution in [0.1, 0.15) is 24.2 Å². The number of rotatable bonds is 3. The fraction of sp³-hybridized carbons (Fsp3) is 0.385. The van der Waals surface area contributed by atoms with Crippen LogP contribution in [-0.4, -0.2) is 36.4 Å². The second-order valence-electron chi connectivity index (χ2n) is 4.03. The maximum absolute atomic E-state index is 12.1.